The van der Waals surface area contributed by atoms with E-state index in [-0.39, 0.29) is 23.9 Å². The zero-order chi connectivity index (χ0) is 15.1. The predicted molar refractivity (Wildman–Crippen MR) is 90.4 cm³/mol. The van der Waals surface area contributed by atoms with Crippen LogP contribution in [0.15, 0.2) is 0 Å². The second-order valence-corrected chi connectivity index (χ2v) is 8.16. The van der Waals surface area contributed by atoms with Crippen LogP contribution in [0.5, 0.6) is 0 Å². The van der Waals surface area contributed by atoms with Crippen LogP contribution in [0.3, 0.4) is 0 Å². The van der Waals surface area contributed by atoms with Crippen molar-refractivity contribution >= 4 is 28.4 Å². The summed E-state index contributed by atoms with van der Waals surface area (Å²) in [5, 5.41) is 0. The highest BCUT2D eigenvalue weighted by Crippen LogP contribution is 2.25. The van der Waals surface area contributed by atoms with E-state index in [1.165, 1.54) is 12.8 Å². The summed E-state index contributed by atoms with van der Waals surface area (Å²) in [5.74, 6) is 0.755. The lowest BCUT2D eigenvalue weighted by Gasteiger charge is -2.33. The van der Waals surface area contributed by atoms with Gasteiger partial charge >= 0.3 is 0 Å². The van der Waals surface area contributed by atoms with Crippen molar-refractivity contribution in [3.8, 4) is 0 Å². The molecule has 0 saturated heterocycles. The third kappa shape index (κ3) is 6.39. The molecule has 1 aliphatic rings. The van der Waals surface area contributed by atoms with Crippen LogP contribution < -0.4 is 0 Å². The van der Waals surface area contributed by atoms with E-state index in [2.05, 4.69) is 36.4 Å². The topological polar surface area (TPSA) is 35.5 Å². The van der Waals surface area contributed by atoms with Gasteiger partial charge in [0.05, 0.1) is 25.4 Å². The van der Waals surface area contributed by atoms with Crippen LogP contribution in [0.4, 0.5) is 0 Å². The Bertz CT molecular complexity index is 293. The minimum Gasteiger partial charge on any atom is -0.375 e. The molecule has 1 fully saturated rings. The van der Waals surface area contributed by atoms with Gasteiger partial charge in [-0.3, -0.25) is 4.79 Å². The number of rotatable bonds is 8. The number of ketones is 1. The first-order valence-electron chi connectivity index (χ1n) is 7.79. The first-order chi connectivity index (χ1) is 9.41. The number of alkyl halides is 1. The van der Waals surface area contributed by atoms with Crippen LogP contribution in [-0.2, 0) is 14.3 Å². The maximum absolute atomic E-state index is 11.3. The fraction of sp³-hybridized carbons (Fsp3) is 0.938. The molecule has 0 aliphatic heterocycles. The van der Waals surface area contributed by atoms with Crippen molar-refractivity contribution in [3.63, 3.8) is 0 Å². The Hall–Kier alpha value is 0.320. The van der Waals surface area contributed by atoms with E-state index in [9.17, 15) is 4.79 Å². The molecule has 0 amide bonds. The number of carbonyl (C=O) groups excluding carboxylic acids is 1. The Morgan fingerprint density at radius 2 is 1.60 bits per heavy atom. The van der Waals surface area contributed by atoms with Crippen LogP contribution in [0.2, 0.25) is 0 Å². The molecule has 0 heterocycles. The summed E-state index contributed by atoms with van der Waals surface area (Å²) in [6, 6.07) is 0. The van der Waals surface area contributed by atoms with Gasteiger partial charge in [0.2, 0.25) is 0 Å². The number of carbonyl (C=O) groups is 1. The summed E-state index contributed by atoms with van der Waals surface area (Å²) in [5.41, 5.74) is 0. The SMILES string of the molecule is CC(=O)C(C)COC1CCCCC1OCC(C)C(C)I. The van der Waals surface area contributed by atoms with E-state index in [1.54, 1.807) is 6.92 Å². The van der Waals surface area contributed by atoms with Gasteiger partial charge < -0.3 is 9.47 Å². The molecule has 5 atom stereocenters. The van der Waals surface area contributed by atoms with Gasteiger partial charge in [0, 0.05) is 9.84 Å². The Morgan fingerprint density at radius 1 is 1.10 bits per heavy atom. The summed E-state index contributed by atoms with van der Waals surface area (Å²) < 4.78 is 12.7. The summed E-state index contributed by atoms with van der Waals surface area (Å²) in [6.45, 7) is 9.34. The second-order valence-electron chi connectivity index (χ2n) is 6.19. The van der Waals surface area contributed by atoms with E-state index in [0.29, 0.717) is 16.4 Å². The molecule has 1 rings (SSSR count). The zero-order valence-corrected chi connectivity index (χ0v) is 15.4. The van der Waals surface area contributed by atoms with Gasteiger partial charge in [-0.05, 0) is 25.7 Å². The minimum absolute atomic E-state index is 0.00846. The largest absolute Gasteiger partial charge is 0.375 e. The quantitative estimate of drug-likeness (QED) is 0.459. The molecule has 0 N–H and O–H groups in total. The average molecular weight is 396 g/mol. The normalized spacial score (nSPS) is 27.9. The van der Waals surface area contributed by atoms with E-state index >= 15 is 0 Å². The molecular formula is C16H29IO3. The van der Waals surface area contributed by atoms with Crippen LogP contribution >= 0.6 is 22.6 Å². The van der Waals surface area contributed by atoms with Crippen LogP contribution in [-0.4, -0.2) is 35.1 Å². The third-order valence-electron chi connectivity index (χ3n) is 4.25. The molecule has 1 aliphatic carbocycles. The highest BCUT2D eigenvalue weighted by Gasteiger charge is 2.28. The first-order valence-corrected chi connectivity index (χ1v) is 9.04. The highest BCUT2D eigenvalue weighted by molar-refractivity contribution is 14.1. The van der Waals surface area contributed by atoms with E-state index in [1.807, 2.05) is 6.92 Å². The summed E-state index contributed by atoms with van der Waals surface area (Å²) in [7, 11) is 0. The fourth-order valence-corrected chi connectivity index (χ4v) is 2.45. The lowest BCUT2D eigenvalue weighted by Crippen LogP contribution is -2.37. The van der Waals surface area contributed by atoms with Crippen molar-refractivity contribution in [2.75, 3.05) is 13.2 Å². The van der Waals surface area contributed by atoms with Crippen LogP contribution in [0.25, 0.3) is 0 Å². The van der Waals surface area contributed by atoms with Crippen molar-refractivity contribution in [2.24, 2.45) is 11.8 Å². The molecule has 1 saturated carbocycles. The fourth-order valence-electron chi connectivity index (χ4n) is 2.24. The molecule has 20 heavy (non-hydrogen) atoms. The van der Waals surface area contributed by atoms with Gasteiger partial charge in [-0.25, -0.2) is 0 Å². The molecule has 0 radical (unpaired) electrons. The molecule has 0 aromatic rings. The maximum atomic E-state index is 11.3. The zero-order valence-electron chi connectivity index (χ0n) is 13.2. The van der Waals surface area contributed by atoms with Crippen molar-refractivity contribution in [2.45, 2.75) is 69.5 Å². The Balaban J connectivity index is 2.39. The van der Waals surface area contributed by atoms with Crippen molar-refractivity contribution < 1.29 is 14.3 Å². The molecule has 5 unspecified atom stereocenters. The third-order valence-corrected chi connectivity index (χ3v) is 5.48. The first kappa shape index (κ1) is 18.4. The molecule has 3 nitrogen and oxygen atoms in total. The van der Waals surface area contributed by atoms with Gasteiger partial charge in [-0.15, -0.1) is 0 Å². The number of hydrogen-bond acceptors (Lipinski definition) is 3. The smallest absolute Gasteiger partial charge is 0.134 e. The lowest BCUT2D eigenvalue weighted by molar-refractivity contribution is -0.128. The lowest BCUT2D eigenvalue weighted by atomic mass is 9.94. The van der Waals surface area contributed by atoms with E-state index in [0.717, 1.165) is 19.4 Å². The van der Waals surface area contributed by atoms with Crippen molar-refractivity contribution in [1.29, 1.82) is 0 Å². The van der Waals surface area contributed by atoms with Crippen LogP contribution in [0.1, 0.15) is 53.4 Å². The van der Waals surface area contributed by atoms with Crippen molar-refractivity contribution in [3.05, 3.63) is 0 Å². The molecule has 0 aromatic carbocycles. The summed E-state index contributed by atoms with van der Waals surface area (Å²) >= 11 is 2.45. The molecule has 4 heteroatoms. The Morgan fingerprint density at radius 3 is 2.05 bits per heavy atom. The average Bonchev–Trinajstić information content (AvgIpc) is 2.42. The molecule has 0 bridgehead atoms. The predicted octanol–water partition coefficient (Wildman–Crippen LogP) is 4.02. The molecule has 0 aromatic heterocycles. The maximum Gasteiger partial charge on any atom is 0.134 e. The standard InChI is InChI=1S/C16H29IO3/c1-11(13(3)17)9-19-15-7-5-6-8-16(15)20-10-12(2)14(4)18/h11-13,15-16H,5-10H2,1-4H3. The number of halogens is 1. The summed E-state index contributed by atoms with van der Waals surface area (Å²) in [4.78, 5) is 11.3. The number of hydrogen-bond donors (Lipinski definition) is 0. The second kappa shape index (κ2) is 9.36. The van der Waals surface area contributed by atoms with Crippen LogP contribution in [0, 0.1) is 11.8 Å². The summed E-state index contributed by atoms with van der Waals surface area (Å²) in [6.07, 6.45) is 4.95. The highest BCUT2D eigenvalue weighted by atomic mass is 127. The molecular weight excluding hydrogens is 367 g/mol. The van der Waals surface area contributed by atoms with Gasteiger partial charge in [-0.1, -0.05) is 56.2 Å². The van der Waals surface area contributed by atoms with Gasteiger partial charge in [0.25, 0.3) is 0 Å². The van der Waals surface area contributed by atoms with E-state index in [4.69, 9.17) is 9.47 Å². The molecule has 118 valence electrons. The Kier molecular flexibility index (Phi) is 8.60. The molecule has 0 spiro atoms. The van der Waals surface area contributed by atoms with E-state index < -0.39 is 0 Å². The number of ether oxygens (including phenoxy) is 2. The van der Waals surface area contributed by atoms with Gasteiger partial charge in [-0.2, -0.15) is 0 Å². The van der Waals surface area contributed by atoms with Gasteiger partial charge in [0.15, 0.2) is 0 Å². The van der Waals surface area contributed by atoms with Crippen molar-refractivity contribution in [1.82, 2.24) is 0 Å². The number of Topliss-reactive ketones (excluding diaryl/α,β-unsaturated/α-hetero) is 1. The monoisotopic (exact) mass is 396 g/mol. The van der Waals surface area contributed by atoms with Gasteiger partial charge in [0.1, 0.15) is 5.78 Å². The minimum atomic E-state index is -0.00846. The Labute approximate surface area is 137 Å².